The normalized spacial score (nSPS) is 16.4. The minimum atomic E-state index is 0.0904. The van der Waals surface area contributed by atoms with E-state index in [0.717, 1.165) is 37.4 Å². The Morgan fingerprint density at radius 1 is 1.37 bits per heavy atom. The molecule has 0 atom stereocenters. The van der Waals surface area contributed by atoms with Crippen LogP contribution in [0.4, 0.5) is 0 Å². The molecular weight excluding hydrogens is 256 g/mol. The van der Waals surface area contributed by atoms with Crippen molar-refractivity contribution in [3.8, 4) is 0 Å². The van der Waals surface area contributed by atoms with Crippen molar-refractivity contribution < 1.29 is 4.79 Å². The van der Waals surface area contributed by atoms with E-state index in [2.05, 4.69) is 6.92 Å². The number of carbonyl (C=O) groups is 1. The summed E-state index contributed by atoms with van der Waals surface area (Å²) in [7, 11) is 0. The molecule has 1 heterocycles. The Hall–Kier alpha value is -1.42. The number of thiocarbonyl (C=S) groups is 1. The second-order valence-corrected chi connectivity index (χ2v) is 5.53. The molecule has 1 aromatic rings. The number of hydrogen-bond acceptors (Lipinski definition) is 2. The summed E-state index contributed by atoms with van der Waals surface area (Å²) in [4.78, 5) is 14.7. The molecule has 0 aliphatic carbocycles. The Kier molecular flexibility index (Phi) is 4.53. The Bertz CT molecular complexity index is 479. The molecule has 0 unspecified atom stereocenters. The Morgan fingerprint density at radius 2 is 2.00 bits per heavy atom. The molecule has 2 N–H and O–H groups in total. The number of benzene rings is 1. The Balaban J connectivity index is 2.08. The zero-order valence-corrected chi connectivity index (χ0v) is 12.1. The lowest BCUT2D eigenvalue weighted by Crippen LogP contribution is -2.38. The van der Waals surface area contributed by atoms with Crippen LogP contribution in [0.3, 0.4) is 0 Å². The van der Waals surface area contributed by atoms with Gasteiger partial charge in [0.1, 0.15) is 4.99 Å². The van der Waals surface area contributed by atoms with Crippen LogP contribution in [0.1, 0.15) is 42.1 Å². The van der Waals surface area contributed by atoms with Crippen molar-refractivity contribution in [2.24, 2.45) is 11.7 Å². The van der Waals surface area contributed by atoms with Crippen LogP contribution in [0.25, 0.3) is 0 Å². The summed E-state index contributed by atoms with van der Waals surface area (Å²) in [6, 6.07) is 7.29. The van der Waals surface area contributed by atoms with Gasteiger partial charge < -0.3 is 10.6 Å². The van der Waals surface area contributed by atoms with Crippen LogP contribution in [-0.4, -0.2) is 28.9 Å². The van der Waals surface area contributed by atoms with Gasteiger partial charge in [0.25, 0.3) is 5.91 Å². The number of amides is 1. The molecule has 1 aromatic carbocycles. The first-order chi connectivity index (χ1) is 9.11. The molecule has 3 nitrogen and oxygen atoms in total. The molecule has 1 aliphatic rings. The van der Waals surface area contributed by atoms with Gasteiger partial charge in [-0.15, -0.1) is 0 Å². The fourth-order valence-corrected chi connectivity index (χ4v) is 2.66. The lowest BCUT2D eigenvalue weighted by molar-refractivity contribution is 0.0689. The van der Waals surface area contributed by atoms with E-state index in [4.69, 9.17) is 18.0 Å². The molecule has 102 valence electrons. The molecule has 0 radical (unpaired) electrons. The van der Waals surface area contributed by atoms with Crippen molar-refractivity contribution in [2.75, 3.05) is 13.1 Å². The van der Waals surface area contributed by atoms with Crippen LogP contribution in [0.2, 0.25) is 0 Å². The second-order valence-electron chi connectivity index (χ2n) is 5.09. The SMILES string of the molecule is CCC1CCN(C(=O)c2cccc(C(N)=S)c2)CC1. The van der Waals surface area contributed by atoms with Crippen molar-refractivity contribution in [3.05, 3.63) is 35.4 Å². The van der Waals surface area contributed by atoms with Crippen LogP contribution in [0.5, 0.6) is 0 Å². The van der Waals surface area contributed by atoms with Gasteiger partial charge in [-0.2, -0.15) is 0 Å². The topological polar surface area (TPSA) is 46.3 Å². The van der Waals surface area contributed by atoms with Crippen molar-refractivity contribution >= 4 is 23.1 Å². The highest BCUT2D eigenvalue weighted by Gasteiger charge is 2.22. The van der Waals surface area contributed by atoms with Gasteiger partial charge in [-0.1, -0.05) is 37.7 Å². The summed E-state index contributed by atoms with van der Waals surface area (Å²) >= 11 is 4.95. The van der Waals surface area contributed by atoms with Gasteiger partial charge in [-0.25, -0.2) is 0 Å². The average Bonchev–Trinajstić information content (AvgIpc) is 2.46. The van der Waals surface area contributed by atoms with Gasteiger partial charge in [-0.05, 0) is 30.9 Å². The van der Waals surface area contributed by atoms with E-state index in [0.29, 0.717) is 10.6 Å². The number of hydrogen-bond donors (Lipinski definition) is 1. The second kappa shape index (κ2) is 6.15. The molecule has 1 aliphatic heterocycles. The molecule has 0 bridgehead atoms. The standard InChI is InChI=1S/C15H20N2OS/c1-2-11-6-8-17(9-7-11)15(18)13-5-3-4-12(10-13)14(16)19/h3-5,10-11H,2,6-9H2,1H3,(H2,16,19). The third-order valence-electron chi connectivity index (χ3n) is 3.87. The maximum atomic E-state index is 12.4. The molecule has 0 spiro atoms. The summed E-state index contributed by atoms with van der Waals surface area (Å²) in [5.41, 5.74) is 7.04. The number of carbonyl (C=O) groups excluding carboxylic acids is 1. The Labute approximate surface area is 119 Å². The van der Waals surface area contributed by atoms with Crippen LogP contribution in [0.15, 0.2) is 24.3 Å². The van der Waals surface area contributed by atoms with Gasteiger partial charge in [0, 0.05) is 24.2 Å². The first-order valence-electron chi connectivity index (χ1n) is 6.81. The quantitative estimate of drug-likeness (QED) is 0.863. The van der Waals surface area contributed by atoms with Gasteiger partial charge in [0.2, 0.25) is 0 Å². The molecule has 0 saturated carbocycles. The summed E-state index contributed by atoms with van der Waals surface area (Å²) in [6.45, 7) is 3.93. The summed E-state index contributed by atoms with van der Waals surface area (Å²) in [5.74, 6) is 0.861. The van der Waals surface area contributed by atoms with Gasteiger partial charge in [0.05, 0.1) is 0 Å². The minimum Gasteiger partial charge on any atom is -0.389 e. The van der Waals surface area contributed by atoms with E-state index >= 15 is 0 Å². The van der Waals surface area contributed by atoms with Gasteiger partial charge >= 0.3 is 0 Å². The first kappa shape index (κ1) is 14.0. The number of likely N-dealkylation sites (tertiary alicyclic amines) is 1. The van der Waals surface area contributed by atoms with Crippen LogP contribution in [-0.2, 0) is 0 Å². The van der Waals surface area contributed by atoms with E-state index in [9.17, 15) is 4.79 Å². The summed E-state index contributed by atoms with van der Waals surface area (Å²) in [6.07, 6.45) is 3.42. The van der Waals surface area contributed by atoms with Crippen LogP contribution < -0.4 is 5.73 Å². The smallest absolute Gasteiger partial charge is 0.253 e. The molecule has 1 saturated heterocycles. The molecular formula is C15H20N2OS. The fourth-order valence-electron chi connectivity index (χ4n) is 2.53. The molecule has 4 heteroatoms. The predicted octanol–water partition coefficient (Wildman–Crippen LogP) is 2.58. The number of piperidine rings is 1. The summed E-state index contributed by atoms with van der Waals surface area (Å²) < 4.78 is 0. The third kappa shape index (κ3) is 3.32. The van der Waals surface area contributed by atoms with Crippen molar-refractivity contribution in [1.82, 2.24) is 4.90 Å². The molecule has 1 fully saturated rings. The maximum absolute atomic E-state index is 12.4. The van der Waals surface area contributed by atoms with Crippen molar-refractivity contribution in [1.29, 1.82) is 0 Å². The van der Waals surface area contributed by atoms with E-state index in [1.807, 2.05) is 23.1 Å². The van der Waals surface area contributed by atoms with Gasteiger partial charge in [-0.3, -0.25) is 4.79 Å². The third-order valence-corrected chi connectivity index (χ3v) is 4.11. The largest absolute Gasteiger partial charge is 0.389 e. The van der Waals surface area contributed by atoms with E-state index < -0.39 is 0 Å². The highest BCUT2D eigenvalue weighted by Crippen LogP contribution is 2.21. The number of nitrogens with two attached hydrogens (primary N) is 1. The van der Waals surface area contributed by atoms with Crippen molar-refractivity contribution in [3.63, 3.8) is 0 Å². The first-order valence-corrected chi connectivity index (χ1v) is 7.21. The number of rotatable bonds is 3. The highest BCUT2D eigenvalue weighted by atomic mass is 32.1. The van der Waals surface area contributed by atoms with Crippen LogP contribution >= 0.6 is 12.2 Å². The monoisotopic (exact) mass is 276 g/mol. The van der Waals surface area contributed by atoms with E-state index in [1.165, 1.54) is 6.42 Å². The Morgan fingerprint density at radius 3 is 2.58 bits per heavy atom. The lowest BCUT2D eigenvalue weighted by Gasteiger charge is -2.31. The van der Waals surface area contributed by atoms with Gasteiger partial charge in [0.15, 0.2) is 0 Å². The highest BCUT2D eigenvalue weighted by molar-refractivity contribution is 7.80. The average molecular weight is 276 g/mol. The zero-order valence-electron chi connectivity index (χ0n) is 11.3. The van der Waals surface area contributed by atoms with E-state index in [1.54, 1.807) is 6.07 Å². The van der Waals surface area contributed by atoms with Crippen molar-refractivity contribution in [2.45, 2.75) is 26.2 Å². The molecule has 19 heavy (non-hydrogen) atoms. The maximum Gasteiger partial charge on any atom is 0.253 e. The predicted molar refractivity (Wildman–Crippen MR) is 81.2 cm³/mol. The lowest BCUT2D eigenvalue weighted by atomic mass is 9.94. The molecule has 1 amide bonds. The minimum absolute atomic E-state index is 0.0904. The molecule has 2 rings (SSSR count). The molecule has 0 aromatic heterocycles. The summed E-state index contributed by atoms with van der Waals surface area (Å²) in [5, 5.41) is 0. The fraction of sp³-hybridized carbons (Fsp3) is 0.467. The van der Waals surface area contributed by atoms with E-state index in [-0.39, 0.29) is 5.91 Å². The zero-order chi connectivity index (χ0) is 13.8. The van der Waals surface area contributed by atoms with Crippen LogP contribution in [0, 0.1) is 5.92 Å². The number of nitrogens with zero attached hydrogens (tertiary/aromatic N) is 1.